The van der Waals surface area contributed by atoms with Crippen LogP contribution in [0.1, 0.15) is 79.2 Å². The number of carbonyl (C=O) groups is 2. The fraction of sp³-hybridized carbons (Fsp3) is 0.321. The minimum atomic E-state index is -0.931. The molecule has 404 valence electrons. The number of nitrogens with zero attached hydrogens (tertiary/aromatic N) is 8. The second-order valence-corrected chi connectivity index (χ2v) is 22.2. The number of halogens is 4. The molecule has 2 atom stereocenters. The normalized spacial score (nSPS) is 17.7. The van der Waals surface area contributed by atoms with Crippen LogP contribution in [0.2, 0.25) is 10.0 Å². The molecule has 2 N–H and O–H groups in total. The molecule has 4 aliphatic rings. The first-order valence-corrected chi connectivity index (χ1v) is 27.8. The molecule has 10 heterocycles. The number of fused-ring (bicyclic) bond motifs is 2. The molecule has 6 aromatic heterocycles. The van der Waals surface area contributed by atoms with Crippen LogP contribution in [0, 0.1) is 11.6 Å². The quantitative estimate of drug-likeness (QED) is 0.0829. The van der Waals surface area contributed by atoms with Gasteiger partial charge in [-0.25, -0.2) is 38.3 Å². The van der Waals surface area contributed by atoms with E-state index in [2.05, 4.69) is 41.1 Å². The first kappa shape index (κ1) is 53.4. The Morgan fingerprint density at radius 3 is 1.64 bits per heavy atom. The van der Waals surface area contributed by atoms with E-state index >= 15 is 0 Å². The van der Waals surface area contributed by atoms with Crippen molar-refractivity contribution in [1.82, 2.24) is 38.9 Å². The number of rotatable bonds is 18. The SMILES string of the molecule is O=C(O)c1cc2c(nc(CN3CC=C(c4cccc(OCc5ccc(Cl)cc5F)n4)CC3)n2C[C@@H]2CCO2)s1.O=C(O)c1cc2nc(CN3CC=C(c4cccc(OCc5ccc(Cl)cc5F)n4)CC3)n(C[C@@H]3CCO3)c2s1. The highest BCUT2D eigenvalue weighted by molar-refractivity contribution is 7.20. The number of carboxylic acids is 2. The first-order chi connectivity index (χ1) is 37.8. The number of carboxylic acid groups (broad SMARTS) is 2. The van der Waals surface area contributed by atoms with Gasteiger partial charge in [0.25, 0.3) is 0 Å². The molecule has 0 bridgehead atoms. The molecule has 12 rings (SSSR count). The van der Waals surface area contributed by atoms with E-state index in [0.29, 0.717) is 68.9 Å². The number of hydrogen-bond donors (Lipinski definition) is 2. The minimum absolute atomic E-state index is 0.0657. The maximum atomic E-state index is 14.1. The maximum Gasteiger partial charge on any atom is 0.346 e. The van der Waals surface area contributed by atoms with Gasteiger partial charge in [0.15, 0.2) is 0 Å². The number of ether oxygens (including phenoxy) is 4. The Morgan fingerprint density at radius 2 is 1.17 bits per heavy atom. The molecule has 2 aromatic carbocycles. The van der Waals surface area contributed by atoms with Gasteiger partial charge in [0.1, 0.15) is 61.4 Å². The van der Waals surface area contributed by atoms with Crippen molar-refractivity contribution in [1.29, 1.82) is 0 Å². The molecule has 0 spiro atoms. The van der Waals surface area contributed by atoms with Crippen LogP contribution in [0.25, 0.3) is 31.8 Å². The average Bonchev–Trinajstić information content (AvgIpc) is 4.21. The lowest BCUT2D eigenvalue weighted by molar-refractivity contribution is -0.0592. The number of aromatic nitrogens is 6. The Kier molecular flexibility index (Phi) is 16.3. The molecule has 0 unspecified atom stereocenters. The lowest BCUT2D eigenvalue weighted by Crippen LogP contribution is -2.33. The molecule has 0 radical (unpaired) electrons. The molecule has 16 nitrogen and oxygen atoms in total. The first-order valence-electron chi connectivity index (χ1n) is 25.4. The van der Waals surface area contributed by atoms with Gasteiger partial charge in [0.2, 0.25) is 11.8 Å². The summed E-state index contributed by atoms with van der Waals surface area (Å²) in [5.41, 5.74) is 6.36. The summed E-state index contributed by atoms with van der Waals surface area (Å²) < 4.78 is 55.2. The molecular weight excluding hydrogens is 1090 g/mol. The van der Waals surface area contributed by atoms with Crippen LogP contribution in [-0.2, 0) is 48.9 Å². The van der Waals surface area contributed by atoms with Gasteiger partial charge in [-0.15, -0.1) is 22.7 Å². The van der Waals surface area contributed by atoms with Crippen LogP contribution in [0.4, 0.5) is 8.78 Å². The minimum Gasteiger partial charge on any atom is -0.477 e. The summed E-state index contributed by atoms with van der Waals surface area (Å²) in [6.07, 6.45) is 8.23. The summed E-state index contributed by atoms with van der Waals surface area (Å²) in [5, 5.41) is 19.5. The third-order valence-electron chi connectivity index (χ3n) is 14.0. The van der Waals surface area contributed by atoms with Crippen molar-refractivity contribution in [2.75, 3.05) is 39.4 Å². The smallest absolute Gasteiger partial charge is 0.346 e. The summed E-state index contributed by atoms with van der Waals surface area (Å²) >= 11 is 14.1. The van der Waals surface area contributed by atoms with Gasteiger partial charge in [-0.1, -0.05) is 59.6 Å². The van der Waals surface area contributed by atoms with Crippen molar-refractivity contribution < 1.29 is 47.5 Å². The van der Waals surface area contributed by atoms with Crippen molar-refractivity contribution in [3.63, 3.8) is 0 Å². The van der Waals surface area contributed by atoms with Gasteiger partial charge in [0, 0.05) is 72.7 Å². The third-order valence-corrected chi connectivity index (χ3v) is 16.6. The summed E-state index contributed by atoms with van der Waals surface area (Å²) in [7, 11) is 0. The van der Waals surface area contributed by atoms with Gasteiger partial charge >= 0.3 is 11.9 Å². The molecule has 78 heavy (non-hydrogen) atoms. The highest BCUT2D eigenvalue weighted by atomic mass is 35.5. The van der Waals surface area contributed by atoms with Gasteiger partial charge in [0.05, 0.1) is 55.3 Å². The fourth-order valence-corrected chi connectivity index (χ4v) is 11.7. The highest BCUT2D eigenvalue weighted by Gasteiger charge is 2.28. The van der Waals surface area contributed by atoms with Gasteiger partial charge < -0.3 is 38.3 Å². The Morgan fingerprint density at radius 1 is 0.654 bits per heavy atom. The molecule has 22 heteroatoms. The summed E-state index contributed by atoms with van der Waals surface area (Å²) in [6, 6.07) is 23.6. The Balaban J connectivity index is 0.000000165. The van der Waals surface area contributed by atoms with E-state index in [1.54, 1.807) is 48.5 Å². The molecule has 8 aromatic rings. The molecular formula is C56H52Cl2F2N8O8S2. The Hall–Kier alpha value is -6.62. The number of imidazole rings is 2. The van der Waals surface area contributed by atoms with Crippen LogP contribution in [-0.4, -0.2) is 113 Å². The number of benzene rings is 2. The van der Waals surface area contributed by atoms with E-state index in [0.717, 1.165) is 120 Å². The van der Waals surface area contributed by atoms with Crippen molar-refractivity contribution >= 4 is 89.7 Å². The summed E-state index contributed by atoms with van der Waals surface area (Å²) in [5.74, 6) is 0.0396. The zero-order valence-electron chi connectivity index (χ0n) is 42.0. The van der Waals surface area contributed by atoms with Gasteiger partial charge in [-0.2, -0.15) is 0 Å². The zero-order valence-corrected chi connectivity index (χ0v) is 45.1. The summed E-state index contributed by atoms with van der Waals surface area (Å²) in [6.45, 7) is 7.45. The lowest BCUT2D eigenvalue weighted by atomic mass is 10.0. The largest absolute Gasteiger partial charge is 0.477 e. The van der Waals surface area contributed by atoms with Crippen LogP contribution in [0.15, 0.2) is 97.1 Å². The second kappa shape index (κ2) is 23.8. The highest BCUT2D eigenvalue weighted by Crippen LogP contribution is 2.33. The van der Waals surface area contributed by atoms with E-state index in [1.807, 2.05) is 24.3 Å². The van der Waals surface area contributed by atoms with E-state index in [9.17, 15) is 28.6 Å². The molecule has 2 fully saturated rings. The standard InChI is InChI=1S/2C28H26ClFN4O4S/c29-19-5-4-18(21(30)12-19)16-38-26-3-1-2-22(32-26)17-6-9-33(10-7-17)15-25-31-23-13-24(28(35)36)39-27(23)34(25)14-20-8-11-37-20;29-19-5-4-18(21(30)12-19)16-38-26-3-1-2-22(31-26)17-6-9-33(10-7-17)15-25-32-27-23(13-24(39-27)28(35)36)34(25)14-20-8-11-37-20/h2*1-6,12-13,20H,7-11,14-16H2,(H,35,36)/t2*20-/m00/s1. The zero-order chi connectivity index (χ0) is 53.9. The van der Waals surface area contributed by atoms with Crippen LogP contribution >= 0.6 is 45.9 Å². The van der Waals surface area contributed by atoms with Crippen molar-refractivity contribution in [3.8, 4) is 11.8 Å². The Bertz CT molecular complexity index is 3360. The Labute approximate surface area is 464 Å². The molecule has 4 aliphatic heterocycles. The van der Waals surface area contributed by atoms with Crippen molar-refractivity contribution in [2.45, 2.75) is 77.3 Å². The summed E-state index contributed by atoms with van der Waals surface area (Å²) in [4.78, 5) is 48.7. The molecule has 0 saturated carbocycles. The topological polar surface area (TPSA) is 179 Å². The molecule has 2 saturated heterocycles. The van der Waals surface area contributed by atoms with Crippen molar-refractivity contribution in [2.24, 2.45) is 0 Å². The van der Waals surface area contributed by atoms with Crippen molar-refractivity contribution in [3.05, 3.63) is 163 Å². The number of pyridine rings is 2. The molecule has 0 amide bonds. The van der Waals surface area contributed by atoms with Crippen LogP contribution in [0.3, 0.4) is 0 Å². The van der Waals surface area contributed by atoms with E-state index in [4.69, 9.17) is 52.1 Å². The predicted molar refractivity (Wildman–Crippen MR) is 294 cm³/mol. The van der Waals surface area contributed by atoms with E-state index in [1.165, 1.54) is 34.8 Å². The molecule has 0 aliphatic carbocycles. The van der Waals surface area contributed by atoms with E-state index < -0.39 is 23.6 Å². The average molecular weight is 1140 g/mol. The lowest BCUT2D eigenvalue weighted by Gasteiger charge is -2.29. The van der Waals surface area contributed by atoms with E-state index in [-0.39, 0.29) is 25.4 Å². The van der Waals surface area contributed by atoms with Crippen LogP contribution < -0.4 is 9.47 Å². The number of aromatic carboxylic acids is 2. The van der Waals surface area contributed by atoms with Crippen LogP contribution in [0.5, 0.6) is 11.8 Å². The fourth-order valence-electron chi connectivity index (χ4n) is 9.54. The maximum absolute atomic E-state index is 14.1. The van der Waals surface area contributed by atoms with Gasteiger partial charge in [-0.05, 0) is 85.4 Å². The number of hydrogen-bond acceptors (Lipinski definition) is 14. The predicted octanol–water partition coefficient (Wildman–Crippen LogP) is 11.3. The van der Waals surface area contributed by atoms with Gasteiger partial charge in [-0.3, -0.25) is 9.80 Å². The second-order valence-electron chi connectivity index (χ2n) is 19.3. The third kappa shape index (κ3) is 12.5. The number of thiophene rings is 2. The monoisotopic (exact) mass is 1140 g/mol.